The Balaban J connectivity index is 1.52. The normalized spacial score (nSPS) is 10.3. The van der Waals surface area contributed by atoms with E-state index in [0.29, 0.717) is 22.6 Å². The van der Waals surface area contributed by atoms with Crippen LogP contribution >= 0.6 is 0 Å². The zero-order valence-corrected chi connectivity index (χ0v) is 18.2. The molecule has 0 atom stereocenters. The molecule has 0 fully saturated rings. The summed E-state index contributed by atoms with van der Waals surface area (Å²) >= 11 is 0. The molecule has 0 unspecified atom stereocenters. The number of methoxy groups -OCH3 is 1. The van der Waals surface area contributed by atoms with Gasteiger partial charge in [0, 0.05) is 22.9 Å². The van der Waals surface area contributed by atoms with Crippen molar-refractivity contribution in [1.29, 1.82) is 0 Å². The minimum absolute atomic E-state index is 0.192. The first kappa shape index (κ1) is 21.8. The summed E-state index contributed by atoms with van der Waals surface area (Å²) in [6, 6.07) is 31.3. The maximum absolute atomic E-state index is 13.0. The van der Waals surface area contributed by atoms with E-state index in [1.54, 1.807) is 42.5 Å². The number of ketones is 1. The molecule has 4 aromatic carbocycles. The lowest BCUT2D eigenvalue weighted by atomic mass is 10.0. The van der Waals surface area contributed by atoms with E-state index in [1.807, 2.05) is 60.7 Å². The number of para-hydroxylation sites is 1. The Labute approximate surface area is 192 Å². The molecule has 4 rings (SSSR count). The van der Waals surface area contributed by atoms with E-state index in [2.05, 4.69) is 5.32 Å². The number of anilines is 1. The van der Waals surface area contributed by atoms with Gasteiger partial charge in [0.25, 0.3) is 5.91 Å². The van der Waals surface area contributed by atoms with Crippen LogP contribution in [-0.4, -0.2) is 25.4 Å². The molecule has 0 aliphatic heterocycles. The van der Waals surface area contributed by atoms with Crippen LogP contribution in [0.4, 0.5) is 5.69 Å². The number of rotatable bonds is 8. The van der Waals surface area contributed by atoms with Gasteiger partial charge < -0.3 is 14.8 Å². The van der Waals surface area contributed by atoms with E-state index in [-0.39, 0.29) is 24.0 Å². The number of amides is 1. The monoisotopic (exact) mass is 437 g/mol. The maximum Gasteiger partial charge on any atom is 0.262 e. The summed E-state index contributed by atoms with van der Waals surface area (Å²) in [5.41, 5.74) is 3.49. The van der Waals surface area contributed by atoms with Gasteiger partial charge in [0.1, 0.15) is 11.5 Å². The Kier molecular flexibility index (Phi) is 6.81. The molecule has 0 aliphatic rings. The lowest BCUT2D eigenvalue weighted by Crippen LogP contribution is -2.21. The highest BCUT2D eigenvalue weighted by molar-refractivity contribution is 6.10. The predicted octanol–water partition coefficient (Wildman–Crippen LogP) is 5.61. The fraction of sp³-hybridized carbons (Fsp3) is 0.0714. The molecule has 1 amide bonds. The van der Waals surface area contributed by atoms with E-state index >= 15 is 0 Å². The van der Waals surface area contributed by atoms with Gasteiger partial charge >= 0.3 is 0 Å². The van der Waals surface area contributed by atoms with E-state index in [9.17, 15) is 9.59 Å². The molecule has 0 aromatic heterocycles. The van der Waals surface area contributed by atoms with Crippen molar-refractivity contribution in [1.82, 2.24) is 0 Å². The van der Waals surface area contributed by atoms with Crippen molar-refractivity contribution < 1.29 is 19.1 Å². The number of hydrogen-bond acceptors (Lipinski definition) is 4. The minimum atomic E-state index is -0.334. The van der Waals surface area contributed by atoms with Crippen LogP contribution < -0.4 is 14.8 Å². The van der Waals surface area contributed by atoms with Crippen molar-refractivity contribution in [2.24, 2.45) is 0 Å². The Hall–Kier alpha value is -4.38. The fourth-order valence-corrected chi connectivity index (χ4v) is 3.47. The van der Waals surface area contributed by atoms with E-state index in [4.69, 9.17) is 9.47 Å². The summed E-state index contributed by atoms with van der Waals surface area (Å²) in [5, 5.41) is 2.91. The average molecular weight is 437 g/mol. The molecule has 4 aromatic rings. The summed E-state index contributed by atoms with van der Waals surface area (Å²) in [6.07, 6.45) is 0. The maximum atomic E-state index is 13.0. The van der Waals surface area contributed by atoms with Crippen molar-refractivity contribution in [3.05, 3.63) is 114 Å². The van der Waals surface area contributed by atoms with Crippen LogP contribution in [0.1, 0.15) is 15.9 Å². The topological polar surface area (TPSA) is 64.6 Å². The molecule has 0 bridgehead atoms. The lowest BCUT2D eigenvalue weighted by Gasteiger charge is -2.14. The van der Waals surface area contributed by atoms with Crippen LogP contribution in [-0.2, 0) is 4.79 Å². The van der Waals surface area contributed by atoms with Gasteiger partial charge in [-0.3, -0.25) is 9.59 Å². The van der Waals surface area contributed by atoms with Gasteiger partial charge in [0.2, 0.25) is 0 Å². The van der Waals surface area contributed by atoms with Crippen LogP contribution in [0.5, 0.6) is 11.5 Å². The predicted molar refractivity (Wildman–Crippen MR) is 129 cm³/mol. The van der Waals surface area contributed by atoms with E-state index in [0.717, 1.165) is 11.1 Å². The highest BCUT2D eigenvalue weighted by Gasteiger charge is 2.17. The molecule has 1 N–H and O–H groups in total. The standard InChI is InChI=1S/C28H23NO4/c1-32-22-16-17-24(28(31)21-12-6-3-7-13-21)26(18-22)33-19-27(30)29-25-15-9-8-14-23(25)20-10-4-2-5-11-20/h2-18H,19H2,1H3,(H,29,30). The number of carbonyl (C=O) groups excluding carboxylic acids is 2. The Morgan fingerprint density at radius 2 is 1.45 bits per heavy atom. The molecule has 0 spiro atoms. The largest absolute Gasteiger partial charge is 0.497 e. The first-order valence-corrected chi connectivity index (χ1v) is 10.5. The molecular formula is C28H23NO4. The lowest BCUT2D eigenvalue weighted by molar-refractivity contribution is -0.118. The third kappa shape index (κ3) is 5.28. The van der Waals surface area contributed by atoms with E-state index in [1.165, 1.54) is 7.11 Å². The molecule has 164 valence electrons. The van der Waals surface area contributed by atoms with Crippen LogP contribution in [0, 0.1) is 0 Å². The SMILES string of the molecule is COc1ccc(C(=O)c2ccccc2)c(OCC(=O)Nc2ccccc2-c2ccccc2)c1. The second-order valence-electron chi connectivity index (χ2n) is 7.31. The molecule has 0 heterocycles. The number of hydrogen-bond donors (Lipinski definition) is 1. The number of ether oxygens (including phenoxy) is 2. The van der Waals surface area contributed by atoms with E-state index < -0.39 is 0 Å². The van der Waals surface area contributed by atoms with Crippen molar-refractivity contribution in [2.45, 2.75) is 0 Å². The van der Waals surface area contributed by atoms with Gasteiger partial charge in [0.15, 0.2) is 12.4 Å². The summed E-state index contributed by atoms with van der Waals surface area (Å²) in [4.78, 5) is 25.7. The zero-order chi connectivity index (χ0) is 23.0. The molecular weight excluding hydrogens is 414 g/mol. The Morgan fingerprint density at radius 3 is 2.18 bits per heavy atom. The molecule has 5 nitrogen and oxygen atoms in total. The van der Waals surface area contributed by atoms with Crippen LogP contribution in [0.2, 0.25) is 0 Å². The third-order valence-corrected chi connectivity index (χ3v) is 5.11. The average Bonchev–Trinajstić information content (AvgIpc) is 2.88. The highest BCUT2D eigenvalue weighted by atomic mass is 16.5. The molecule has 0 saturated heterocycles. The zero-order valence-electron chi connectivity index (χ0n) is 18.2. The quantitative estimate of drug-likeness (QED) is 0.364. The Morgan fingerprint density at radius 1 is 0.788 bits per heavy atom. The minimum Gasteiger partial charge on any atom is -0.497 e. The first-order chi connectivity index (χ1) is 16.2. The van der Waals surface area contributed by atoms with Crippen LogP contribution in [0.15, 0.2) is 103 Å². The van der Waals surface area contributed by atoms with Gasteiger partial charge in [-0.2, -0.15) is 0 Å². The van der Waals surface area contributed by atoms with Gasteiger partial charge in [-0.05, 0) is 23.8 Å². The molecule has 0 saturated carbocycles. The number of nitrogens with one attached hydrogen (secondary N) is 1. The fourth-order valence-electron chi connectivity index (χ4n) is 3.47. The molecule has 0 radical (unpaired) electrons. The van der Waals surface area contributed by atoms with Crippen molar-refractivity contribution >= 4 is 17.4 Å². The molecule has 5 heteroatoms. The second-order valence-corrected chi connectivity index (χ2v) is 7.31. The van der Waals surface area contributed by atoms with Gasteiger partial charge in [0.05, 0.1) is 12.7 Å². The highest BCUT2D eigenvalue weighted by Crippen LogP contribution is 2.29. The number of benzene rings is 4. The van der Waals surface area contributed by atoms with Crippen LogP contribution in [0.3, 0.4) is 0 Å². The van der Waals surface area contributed by atoms with Crippen molar-refractivity contribution in [2.75, 3.05) is 19.0 Å². The van der Waals surface area contributed by atoms with Gasteiger partial charge in [-0.1, -0.05) is 78.9 Å². The van der Waals surface area contributed by atoms with Gasteiger partial charge in [-0.25, -0.2) is 0 Å². The summed E-state index contributed by atoms with van der Waals surface area (Å²) in [7, 11) is 1.53. The summed E-state index contributed by atoms with van der Waals surface area (Å²) in [6.45, 7) is -0.259. The molecule has 33 heavy (non-hydrogen) atoms. The Bertz CT molecular complexity index is 1250. The first-order valence-electron chi connectivity index (χ1n) is 10.5. The number of carbonyl (C=O) groups is 2. The smallest absolute Gasteiger partial charge is 0.262 e. The van der Waals surface area contributed by atoms with Crippen molar-refractivity contribution in [3.8, 4) is 22.6 Å². The molecule has 0 aliphatic carbocycles. The van der Waals surface area contributed by atoms with Crippen molar-refractivity contribution in [3.63, 3.8) is 0 Å². The summed E-state index contributed by atoms with van der Waals surface area (Å²) < 4.78 is 11.1. The van der Waals surface area contributed by atoms with Gasteiger partial charge in [-0.15, -0.1) is 0 Å². The third-order valence-electron chi connectivity index (χ3n) is 5.11. The van der Waals surface area contributed by atoms with Crippen LogP contribution in [0.25, 0.3) is 11.1 Å². The summed E-state index contributed by atoms with van der Waals surface area (Å²) in [5.74, 6) is 0.293. The second kappa shape index (κ2) is 10.3.